The summed E-state index contributed by atoms with van der Waals surface area (Å²) in [5.74, 6) is -0.00611. The highest BCUT2D eigenvalue weighted by atomic mass is 16.2. The quantitative estimate of drug-likeness (QED) is 0.847. The van der Waals surface area contributed by atoms with Crippen molar-refractivity contribution in [1.82, 2.24) is 10.6 Å². The van der Waals surface area contributed by atoms with E-state index in [0.717, 1.165) is 36.1 Å². The number of anilines is 1. The lowest BCUT2D eigenvalue weighted by atomic mass is 10.0. The second-order valence-electron chi connectivity index (χ2n) is 5.78. The van der Waals surface area contributed by atoms with Crippen molar-refractivity contribution in [2.45, 2.75) is 46.1 Å². The van der Waals surface area contributed by atoms with Gasteiger partial charge in [0.15, 0.2) is 0 Å². The molecular formula is C17H25N3O2. The van der Waals surface area contributed by atoms with Gasteiger partial charge < -0.3 is 15.5 Å². The van der Waals surface area contributed by atoms with E-state index in [9.17, 15) is 9.59 Å². The first kappa shape index (κ1) is 16.3. The number of amides is 3. The van der Waals surface area contributed by atoms with Crippen LogP contribution in [-0.2, 0) is 11.2 Å². The first-order chi connectivity index (χ1) is 10.5. The van der Waals surface area contributed by atoms with Crippen molar-refractivity contribution in [2.75, 3.05) is 18.0 Å². The van der Waals surface area contributed by atoms with Crippen LogP contribution >= 0.6 is 0 Å². The standard InChI is InChI=1S/C17H25N3O2/c1-4-14-7-5-6-12(2)16(14)20(13(3)21)11-10-18-17(22)19-15-8-9-15/h5-7,15H,4,8-11H2,1-3H3,(H2,18,19,22). The van der Waals surface area contributed by atoms with Gasteiger partial charge in [0, 0.05) is 31.7 Å². The zero-order valence-electron chi connectivity index (χ0n) is 13.6. The molecule has 2 rings (SSSR count). The Labute approximate surface area is 132 Å². The average Bonchev–Trinajstić information content (AvgIpc) is 3.27. The SMILES string of the molecule is CCc1cccc(C)c1N(CCNC(=O)NC1CC1)C(C)=O. The van der Waals surface area contributed by atoms with Crippen LogP contribution in [0, 0.1) is 6.92 Å². The molecule has 1 aromatic rings. The highest BCUT2D eigenvalue weighted by Crippen LogP contribution is 2.25. The van der Waals surface area contributed by atoms with E-state index < -0.39 is 0 Å². The Bertz CT molecular complexity index is 553. The second kappa shape index (κ2) is 7.29. The number of rotatable bonds is 6. The lowest BCUT2D eigenvalue weighted by Gasteiger charge is -2.26. The summed E-state index contributed by atoms with van der Waals surface area (Å²) < 4.78 is 0. The molecule has 2 N–H and O–H groups in total. The number of hydrogen-bond acceptors (Lipinski definition) is 2. The number of benzene rings is 1. The summed E-state index contributed by atoms with van der Waals surface area (Å²) in [6.45, 7) is 6.58. The van der Waals surface area contributed by atoms with Crippen molar-refractivity contribution in [3.05, 3.63) is 29.3 Å². The topological polar surface area (TPSA) is 61.4 Å². The molecule has 1 fully saturated rings. The lowest BCUT2D eigenvalue weighted by Crippen LogP contribution is -2.42. The molecule has 0 aromatic heterocycles. The number of para-hydroxylation sites is 1. The zero-order valence-corrected chi connectivity index (χ0v) is 13.6. The molecular weight excluding hydrogens is 278 g/mol. The molecule has 0 aliphatic heterocycles. The van der Waals surface area contributed by atoms with E-state index in [2.05, 4.69) is 17.6 Å². The van der Waals surface area contributed by atoms with Crippen LogP contribution in [0.5, 0.6) is 0 Å². The maximum Gasteiger partial charge on any atom is 0.315 e. The molecule has 0 atom stereocenters. The maximum atomic E-state index is 12.0. The molecule has 0 radical (unpaired) electrons. The summed E-state index contributed by atoms with van der Waals surface area (Å²) in [5, 5.41) is 5.70. The molecule has 1 aliphatic rings. The van der Waals surface area contributed by atoms with Crippen LogP contribution in [0.25, 0.3) is 0 Å². The van der Waals surface area contributed by atoms with Crippen LogP contribution < -0.4 is 15.5 Å². The van der Waals surface area contributed by atoms with Gasteiger partial charge in [-0.05, 0) is 37.3 Å². The van der Waals surface area contributed by atoms with Gasteiger partial charge in [-0.3, -0.25) is 4.79 Å². The summed E-state index contributed by atoms with van der Waals surface area (Å²) in [6, 6.07) is 6.26. The highest BCUT2D eigenvalue weighted by Gasteiger charge is 2.23. The molecule has 5 nitrogen and oxygen atoms in total. The Kier molecular flexibility index (Phi) is 5.41. The fourth-order valence-corrected chi connectivity index (χ4v) is 2.56. The summed E-state index contributed by atoms with van der Waals surface area (Å²) in [6.07, 6.45) is 3.00. The Morgan fingerprint density at radius 1 is 1.32 bits per heavy atom. The van der Waals surface area contributed by atoms with Crippen molar-refractivity contribution in [3.8, 4) is 0 Å². The number of aryl methyl sites for hydroxylation is 2. The lowest BCUT2D eigenvalue weighted by molar-refractivity contribution is -0.116. The summed E-state index contributed by atoms with van der Waals surface area (Å²) in [7, 11) is 0. The molecule has 1 aliphatic carbocycles. The van der Waals surface area contributed by atoms with Gasteiger partial charge in [0.1, 0.15) is 0 Å². The molecule has 3 amide bonds. The van der Waals surface area contributed by atoms with Crippen LogP contribution in [-0.4, -0.2) is 31.1 Å². The predicted octanol–water partition coefficient (Wildman–Crippen LogP) is 2.37. The van der Waals surface area contributed by atoms with Crippen LogP contribution in [0.15, 0.2) is 18.2 Å². The van der Waals surface area contributed by atoms with E-state index in [1.54, 1.807) is 11.8 Å². The fraction of sp³-hybridized carbons (Fsp3) is 0.529. The average molecular weight is 303 g/mol. The second-order valence-corrected chi connectivity index (χ2v) is 5.78. The minimum absolute atomic E-state index is 0.00611. The van der Waals surface area contributed by atoms with Gasteiger partial charge in [-0.1, -0.05) is 25.1 Å². The molecule has 120 valence electrons. The Morgan fingerprint density at radius 2 is 2.05 bits per heavy atom. The van der Waals surface area contributed by atoms with E-state index in [-0.39, 0.29) is 11.9 Å². The number of nitrogens with one attached hydrogen (secondary N) is 2. The normalized spacial score (nSPS) is 13.6. The van der Waals surface area contributed by atoms with Crippen molar-refractivity contribution in [3.63, 3.8) is 0 Å². The molecule has 0 spiro atoms. The van der Waals surface area contributed by atoms with Crippen molar-refractivity contribution < 1.29 is 9.59 Å². The van der Waals surface area contributed by atoms with E-state index in [1.807, 2.05) is 25.1 Å². The summed E-state index contributed by atoms with van der Waals surface area (Å²) in [4.78, 5) is 25.4. The van der Waals surface area contributed by atoms with Crippen molar-refractivity contribution in [2.24, 2.45) is 0 Å². The fourth-order valence-electron chi connectivity index (χ4n) is 2.56. The summed E-state index contributed by atoms with van der Waals surface area (Å²) in [5.41, 5.74) is 3.21. The molecule has 0 heterocycles. The monoisotopic (exact) mass is 303 g/mol. The molecule has 1 aromatic carbocycles. The maximum absolute atomic E-state index is 12.0. The third-order valence-electron chi connectivity index (χ3n) is 3.89. The van der Waals surface area contributed by atoms with Gasteiger partial charge in [-0.25, -0.2) is 4.79 Å². The van der Waals surface area contributed by atoms with Gasteiger partial charge in [-0.15, -0.1) is 0 Å². The first-order valence-electron chi connectivity index (χ1n) is 7.94. The molecule has 0 unspecified atom stereocenters. The van der Waals surface area contributed by atoms with E-state index in [1.165, 1.54) is 0 Å². The van der Waals surface area contributed by atoms with Gasteiger partial charge in [0.25, 0.3) is 0 Å². The van der Waals surface area contributed by atoms with E-state index in [4.69, 9.17) is 0 Å². The van der Waals surface area contributed by atoms with E-state index >= 15 is 0 Å². The molecule has 0 saturated heterocycles. The van der Waals surface area contributed by atoms with Crippen molar-refractivity contribution >= 4 is 17.6 Å². The number of carbonyl (C=O) groups is 2. The Balaban J connectivity index is 2.00. The van der Waals surface area contributed by atoms with Gasteiger partial charge >= 0.3 is 6.03 Å². The number of carbonyl (C=O) groups excluding carboxylic acids is 2. The highest BCUT2D eigenvalue weighted by molar-refractivity contribution is 5.93. The largest absolute Gasteiger partial charge is 0.336 e. The molecule has 22 heavy (non-hydrogen) atoms. The van der Waals surface area contributed by atoms with Crippen LogP contribution in [0.2, 0.25) is 0 Å². The van der Waals surface area contributed by atoms with Gasteiger partial charge in [0.2, 0.25) is 5.91 Å². The van der Waals surface area contributed by atoms with Crippen molar-refractivity contribution in [1.29, 1.82) is 0 Å². The van der Waals surface area contributed by atoms with Crippen LogP contribution in [0.3, 0.4) is 0 Å². The third-order valence-corrected chi connectivity index (χ3v) is 3.89. The zero-order chi connectivity index (χ0) is 16.1. The van der Waals surface area contributed by atoms with Crippen LogP contribution in [0.4, 0.5) is 10.5 Å². The van der Waals surface area contributed by atoms with Gasteiger partial charge in [-0.2, -0.15) is 0 Å². The van der Waals surface area contributed by atoms with Crippen LogP contribution in [0.1, 0.15) is 37.8 Å². The number of nitrogens with zero attached hydrogens (tertiary/aromatic N) is 1. The number of hydrogen-bond donors (Lipinski definition) is 2. The van der Waals surface area contributed by atoms with E-state index in [0.29, 0.717) is 19.1 Å². The smallest absolute Gasteiger partial charge is 0.315 e. The first-order valence-corrected chi connectivity index (χ1v) is 7.94. The minimum Gasteiger partial charge on any atom is -0.336 e. The molecule has 0 bridgehead atoms. The predicted molar refractivity (Wildman–Crippen MR) is 88.1 cm³/mol. The Morgan fingerprint density at radius 3 is 2.64 bits per heavy atom. The number of urea groups is 1. The molecule has 5 heteroatoms. The summed E-state index contributed by atoms with van der Waals surface area (Å²) >= 11 is 0. The minimum atomic E-state index is -0.147. The third kappa shape index (κ3) is 4.23. The molecule has 1 saturated carbocycles. The Hall–Kier alpha value is -2.04. The van der Waals surface area contributed by atoms with Gasteiger partial charge in [0.05, 0.1) is 0 Å².